The van der Waals surface area contributed by atoms with Crippen LogP contribution in [0, 0.1) is 6.92 Å². The van der Waals surface area contributed by atoms with Gasteiger partial charge in [0.15, 0.2) is 11.6 Å². The van der Waals surface area contributed by atoms with E-state index in [0.29, 0.717) is 36.0 Å². The zero-order chi connectivity index (χ0) is 15.0. The molecule has 0 spiro atoms. The van der Waals surface area contributed by atoms with Crippen molar-refractivity contribution in [3.05, 3.63) is 41.5 Å². The second kappa shape index (κ2) is 4.95. The van der Waals surface area contributed by atoms with Crippen LogP contribution in [-0.4, -0.2) is 18.1 Å². The van der Waals surface area contributed by atoms with Gasteiger partial charge in [-0.15, -0.1) is 0 Å². The third kappa shape index (κ3) is 2.66. The van der Waals surface area contributed by atoms with E-state index < -0.39 is 11.7 Å². The second-order valence-corrected chi connectivity index (χ2v) is 4.86. The molecule has 0 atom stereocenters. The number of aromatic nitrogens is 1. The van der Waals surface area contributed by atoms with Gasteiger partial charge in [0.2, 0.25) is 0 Å². The van der Waals surface area contributed by atoms with E-state index in [2.05, 4.69) is 10.3 Å². The van der Waals surface area contributed by atoms with Crippen LogP contribution in [0.2, 0.25) is 0 Å². The van der Waals surface area contributed by atoms with Crippen molar-refractivity contribution in [2.45, 2.75) is 13.1 Å². The van der Waals surface area contributed by atoms with Gasteiger partial charge in [-0.2, -0.15) is 13.2 Å². The average molecular weight is 294 g/mol. The van der Waals surface area contributed by atoms with E-state index in [1.807, 2.05) is 6.92 Å². The van der Waals surface area contributed by atoms with E-state index in [-0.39, 0.29) is 0 Å². The molecule has 1 aliphatic rings. The molecule has 2 aromatic rings. The van der Waals surface area contributed by atoms with Crippen LogP contribution in [0.25, 0.3) is 11.3 Å². The quantitative estimate of drug-likeness (QED) is 0.866. The van der Waals surface area contributed by atoms with Crippen LogP contribution < -0.4 is 10.1 Å². The molecule has 1 aromatic carbocycles. The van der Waals surface area contributed by atoms with Crippen LogP contribution >= 0.6 is 0 Å². The van der Waals surface area contributed by atoms with Crippen molar-refractivity contribution in [2.24, 2.45) is 0 Å². The van der Waals surface area contributed by atoms with Crippen molar-refractivity contribution >= 4 is 5.82 Å². The molecule has 0 aliphatic carbocycles. The van der Waals surface area contributed by atoms with Crippen molar-refractivity contribution in [3.8, 4) is 17.0 Å². The van der Waals surface area contributed by atoms with Crippen molar-refractivity contribution in [2.75, 3.05) is 18.5 Å². The molecule has 0 fully saturated rings. The lowest BCUT2D eigenvalue weighted by Crippen LogP contribution is -2.20. The molecule has 21 heavy (non-hydrogen) atoms. The lowest BCUT2D eigenvalue weighted by Gasteiger charge is -2.21. The predicted octanol–water partition coefficient (Wildman–Crippen LogP) is 3.88. The van der Waals surface area contributed by atoms with Gasteiger partial charge < -0.3 is 10.1 Å². The fourth-order valence-electron chi connectivity index (χ4n) is 2.29. The van der Waals surface area contributed by atoms with E-state index in [0.717, 1.165) is 17.7 Å². The number of hydrogen-bond donors (Lipinski definition) is 1. The number of hydrogen-bond acceptors (Lipinski definition) is 3. The number of anilines is 1. The largest absolute Gasteiger partial charge is 0.488 e. The number of ether oxygens (including phenoxy) is 1. The molecular weight excluding hydrogens is 281 g/mol. The topological polar surface area (TPSA) is 34.1 Å². The Morgan fingerprint density at radius 2 is 2.05 bits per heavy atom. The van der Waals surface area contributed by atoms with Gasteiger partial charge in [-0.05, 0) is 30.7 Å². The van der Waals surface area contributed by atoms with Gasteiger partial charge >= 0.3 is 6.18 Å². The molecule has 0 radical (unpaired) electrons. The Hall–Kier alpha value is -2.24. The van der Waals surface area contributed by atoms with E-state index in [4.69, 9.17) is 4.74 Å². The number of halogens is 3. The van der Waals surface area contributed by atoms with Crippen LogP contribution in [0.1, 0.15) is 11.1 Å². The zero-order valence-corrected chi connectivity index (χ0v) is 11.3. The van der Waals surface area contributed by atoms with Gasteiger partial charge in [0, 0.05) is 5.56 Å². The van der Waals surface area contributed by atoms with Crippen molar-refractivity contribution in [1.29, 1.82) is 0 Å². The Bertz CT molecular complexity index is 683. The summed E-state index contributed by atoms with van der Waals surface area (Å²) in [5.41, 5.74) is 1.10. The minimum atomic E-state index is -4.36. The van der Waals surface area contributed by atoms with Crippen molar-refractivity contribution in [1.82, 2.24) is 4.98 Å². The summed E-state index contributed by atoms with van der Waals surface area (Å²) in [6, 6.07) is 6.90. The molecular formula is C15H13F3N2O. The number of nitrogens with zero attached hydrogens (tertiary/aromatic N) is 1. The molecule has 0 amide bonds. The molecule has 2 heterocycles. The van der Waals surface area contributed by atoms with Gasteiger partial charge in [-0.25, -0.2) is 4.98 Å². The van der Waals surface area contributed by atoms with Gasteiger partial charge in [-0.3, -0.25) is 0 Å². The van der Waals surface area contributed by atoms with Crippen LogP contribution in [0.3, 0.4) is 0 Å². The van der Waals surface area contributed by atoms with Crippen LogP contribution in [0.15, 0.2) is 30.3 Å². The molecule has 0 saturated carbocycles. The van der Waals surface area contributed by atoms with Crippen LogP contribution in [0.5, 0.6) is 5.75 Å². The molecule has 6 heteroatoms. The number of alkyl halides is 3. The SMILES string of the molecule is Cc1cc(-c2cccc(C(F)(F)F)c2)nc2c1OCCN2. The highest BCUT2D eigenvalue weighted by atomic mass is 19.4. The third-order valence-electron chi connectivity index (χ3n) is 3.29. The normalized spacial score (nSPS) is 14.1. The first-order valence-corrected chi connectivity index (χ1v) is 6.51. The number of aryl methyl sites for hydroxylation is 1. The van der Waals surface area contributed by atoms with E-state index in [1.54, 1.807) is 12.1 Å². The molecule has 1 aliphatic heterocycles. The number of benzene rings is 1. The fourth-order valence-corrected chi connectivity index (χ4v) is 2.29. The molecule has 0 bridgehead atoms. The highest BCUT2D eigenvalue weighted by molar-refractivity contribution is 5.68. The smallest absolute Gasteiger partial charge is 0.416 e. The number of fused-ring (bicyclic) bond motifs is 1. The maximum atomic E-state index is 12.8. The summed E-state index contributed by atoms with van der Waals surface area (Å²) in [4.78, 5) is 4.36. The van der Waals surface area contributed by atoms with E-state index >= 15 is 0 Å². The van der Waals surface area contributed by atoms with Gasteiger partial charge in [-0.1, -0.05) is 12.1 Å². The van der Waals surface area contributed by atoms with Gasteiger partial charge in [0.05, 0.1) is 17.8 Å². The lowest BCUT2D eigenvalue weighted by atomic mass is 10.1. The number of nitrogens with one attached hydrogen (secondary N) is 1. The Balaban J connectivity index is 2.07. The Morgan fingerprint density at radius 3 is 2.81 bits per heavy atom. The first kappa shape index (κ1) is 13.7. The Kier molecular flexibility index (Phi) is 3.23. The molecule has 110 valence electrons. The van der Waals surface area contributed by atoms with E-state index in [1.165, 1.54) is 6.07 Å². The highest BCUT2D eigenvalue weighted by Crippen LogP contribution is 2.35. The lowest BCUT2D eigenvalue weighted by molar-refractivity contribution is -0.137. The summed E-state index contributed by atoms with van der Waals surface area (Å²) in [5.74, 6) is 1.24. The summed E-state index contributed by atoms with van der Waals surface area (Å²) in [6.07, 6.45) is -4.36. The average Bonchev–Trinajstić information content (AvgIpc) is 2.46. The summed E-state index contributed by atoms with van der Waals surface area (Å²) in [6.45, 7) is 3.04. The summed E-state index contributed by atoms with van der Waals surface area (Å²) in [5, 5.41) is 3.10. The first-order chi connectivity index (χ1) is 9.95. The summed E-state index contributed by atoms with van der Waals surface area (Å²) >= 11 is 0. The first-order valence-electron chi connectivity index (χ1n) is 6.51. The molecule has 0 unspecified atom stereocenters. The molecule has 3 rings (SSSR count). The maximum absolute atomic E-state index is 12.8. The van der Waals surface area contributed by atoms with Crippen LogP contribution in [0.4, 0.5) is 19.0 Å². The third-order valence-corrected chi connectivity index (χ3v) is 3.29. The van der Waals surface area contributed by atoms with Crippen molar-refractivity contribution in [3.63, 3.8) is 0 Å². The molecule has 0 saturated heterocycles. The predicted molar refractivity (Wildman–Crippen MR) is 73.4 cm³/mol. The minimum absolute atomic E-state index is 0.433. The highest BCUT2D eigenvalue weighted by Gasteiger charge is 2.30. The molecule has 3 nitrogen and oxygen atoms in total. The zero-order valence-electron chi connectivity index (χ0n) is 11.3. The van der Waals surface area contributed by atoms with E-state index in [9.17, 15) is 13.2 Å². The van der Waals surface area contributed by atoms with Crippen LogP contribution in [-0.2, 0) is 6.18 Å². The van der Waals surface area contributed by atoms with Crippen molar-refractivity contribution < 1.29 is 17.9 Å². The summed E-state index contributed by atoms with van der Waals surface area (Å²) < 4.78 is 43.9. The monoisotopic (exact) mass is 294 g/mol. The minimum Gasteiger partial charge on any atom is -0.488 e. The maximum Gasteiger partial charge on any atom is 0.416 e. The molecule has 1 aromatic heterocycles. The number of pyridine rings is 1. The molecule has 1 N–H and O–H groups in total. The fraction of sp³-hybridized carbons (Fsp3) is 0.267. The van der Waals surface area contributed by atoms with Gasteiger partial charge in [0.25, 0.3) is 0 Å². The Morgan fingerprint density at radius 1 is 1.24 bits per heavy atom. The Labute approximate surface area is 119 Å². The van der Waals surface area contributed by atoms with Gasteiger partial charge in [0.1, 0.15) is 6.61 Å². The second-order valence-electron chi connectivity index (χ2n) is 4.86. The standard InChI is InChI=1S/C15H13F3N2O/c1-9-7-12(20-14-13(9)21-6-5-19-14)10-3-2-4-11(8-10)15(16,17)18/h2-4,7-8H,5-6H2,1H3,(H,19,20). The number of rotatable bonds is 1. The summed E-state index contributed by atoms with van der Waals surface area (Å²) in [7, 11) is 0.